The third kappa shape index (κ3) is 4.92. The molecule has 1 atom stereocenters. The van der Waals surface area contributed by atoms with Crippen molar-refractivity contribution < 1.29 is 18.9 Å². The lowest BCUT2D eigenvalue weighted by Gasteiger charge is -2.32. The number of carbonyl (C=O) groups is 2. The first kappa shape index (κ1) is 21.4. The van der Waals surface area contributed by atoms with Gasteiger partial charge in [-0.25, -0.2) is 4.98 Å². The quantitative estimate of drug-likeness (QED) is 0.702. The summed E-state index contributed by atoms with van der Waals surface area (Å²) in [5, 5.41) is 12.2. The number of carboxylic acids is 1. The number of piperidine rings is 1. The van der Waals surface area contributed by atoms with E-state index in [-0.39, 0.29) is 18.1 Å². The highest BCUT2D eigenvalue weighted by molar-refractivity contribution is 7.85. The number of hydrogen-bond acceptors (Lipinski definition) is 7. The Morgan fingerprint density at radius 3 is 2.55 bits per heavy atom. The summed E-state index contributed by atoms with van der Waals surface area (Å²) in [6.45, 7) is 3.08. The van der Waals surface area contributed by atoms with Crippen molar-refractivity contribution in [3.63, 3.8) is 0 Å². The molecule has 2 aromatic rings. The molecule has 0 spiro atoms. The first-order valence-electron chi connectivity index (χ1n) is 10.5. The predicted octanol–water partition coefficient (Wildman–Crippen LogP) is 2.71. The van der Waals surface area contributed by atoms with Crippen LogP contribution in [0.25, 0.3) is 0 Å². The maximum Gasteiger partial charge on any atom is 0.307 e. The van der Waals surface area contributed by atoms with Gasteiger partial charge in [0.2, 0.25) is 5.95 Å². The highest BCUT2D eigenvalue weighted by Gasteiger charge is 2.28. The Bertz CT molecular complexity index is 1020. The van der Waals surface area contributed by atoms with E-state index in [0.717, 1.165) is 50.2 Å². The van der Waals surface area contributed by atoms with E-state index < -0.39 is 16.8 Å². The first-order chi connectivity index (χ1) is 14.9. The van der Waals surface area contributed by atoms with E-state index in [4.69, 9.17) is 15.1 Å². The molecule has 3 heterocycles. The van der Waals surface area contributed by atoms with Crippen LogP contribution >= 0.6 is 0 Å². The zero-order chi connectivity index (χ0) is 22.0. The van der Waals surface area contributed by atoms with E-state index in [1.54, 1.807) is 31.2 Å². The van der Waals surface area contributed by atoms with Crippen molar-refractivity contribution in [1.82, 2.24) is 9.97 Å². The number of rotatable bonds is 6. The molecule has 8 nitrogen and oxygen atoms in total. The molecule has 0 bridgehead atoms. The molecule has 4 rings (SSSR count). The van der Waals surface area contributed by atoms with Gasteiger partial charge >= 0.3 is 5.97 Å². The summed E-state index contributed by atoms with van der Waals surface area (Å²) in [6, 6.07) is 7.12. The maximum atomic E-state index is 12.8. The number of carboxylic acid groups (broad SMARTS) is 1. The number of aliphatic carboxylic acids is 1. The number of nitrogens with one attached hydrogen (secondary N) is 1. The van der Waals surface area contributed by atoms with Crippen LogP contribution in [0.3, 0.4) is 0 Å². The second-order valence-corrected chi connectivity index (χ2v) is 9.57. The highest BCUT2D eigenvalue weighted by Crippen LogP contribution is 2.32. The van der Waals surface area contributed by atoms with E-state index in [2.05, 4.69) is 10.2 Å². The van der Waals surface area contributed by atoms with Crippen LogP contribution in [0.5, 0.6) is 0 Å². The molecule has 0 amide bonds. The van der Waals surface area contributed by atoms with Gasteiger partial charge in [0.1, 0.15) is 10.7 Å². The number of carbonyl (C=O) groups excluding carboxylic acids is 1. The number of hydrogen-bond donors (Lipinski definition) is 2. The third-order valence-corrected chi connectivity index (χ3v) is 7.36. The molecule has 164 valence electrons. The lowest BCUT2D eigenvalue weighted by molar-refractivity contribution is -0.136. The minimum absolute atomic E-state index is 0.0342. The van der Waals surface area contributed by atoms with Crippen LogP contribution in [0.15, 0.2) is 29.2 Å². The molecule has 0 saturated carbocycles. The Kier molecular flexibility index (Phi) is 6.31. The molecule has 9 heteroatoms. The van der Waals surface area contributed by atoms with Gasteiger partial charge in [-0.3, -0.25) is 13.8 Å². The number of benzene rings is 1. The van der Waals surface area contributed by atoms with E-state index in [1.165, 1.54) is 0 Å². The third-order valence-electron chi connectivity index (χ3n) is 5.82. The van der Waals surface area contributed by atoms with Crippen LogP contribution in [0, 0.1) is 5.92 Å². The van der Waals surface area contributed by atoms with E-state index in [0.29, 0.717) is 28.0 Å². The second kappa shape index (κ2) is 9.13. The first-order valence-corrected chi connectivity index (χ1v) is 11.8. The zero-order valence-electron chi connectivity index (χ0n) is 17.5. The Morgan fingerprint density at radius 2 is 1.90 bits per heavy atom. The molecular weight excluding hydrogens is 416 g/mol. The van der Waals surface area contributed by atoms with Crippen LogP contribution in [-0.4, -0.2) is 49.9 Å². The number of aromatic nitrogens is 2. The zero-order valence-corrected chi connectivity index (χ0v) is 18.3. The van der Waals surface area contributed by atoms with Crippen molar-refractivity contribution >= 4 is 40.0 Å². The monoisotopic (exact) mass is 442 g/mol. The van der Waals surface area contributed by atoms with Crippen molar-refractivity contribution in [2.45, 2.75) is 43.9 Å². The summed E-state index contributed by atoms with van der Waals surface area (Å²) in [4.78, 5) is 34.8. The summed E-state index contributed by atoms with van der Waals surface area (Å²) in [5.74, 6) is 1.19. The minimum Gasteiger partial charge on any atom is -0.481 e. The number of Topliss-reactive ketones (excluding diaryl/α,β-unsaturated/α-hetero) is 1. The summed E-state index contributed by atoms with van der Waals surface area (Å²) >= 11 is 0. The van der Waals surface area contributed by atoms with Crippen LogP contribution < -0.4 is 10.2 Å². The van der Waals surface area contributed by atoms with Gasteiger partial charge in [-0.05, 0) is 50.3 Å². The van der Waals surface area contributed by atoms with Crippen LogP contribution in [0.2, 0.25) is 0 Å². The summed E-state index contributed by atoms with van der Waals surface area (Å²) < 4.78 is 12.8. The molecule has 2 aliphatic heterocycles. The van der Waals surface area contributed by atoms with Crippen LogP contribution in [0.1, 0.15) is 37.4 Å². The summed E-state index contributed by atoms with van der Waals surface area (Å²) in [5.41, 5.74) is 2.27. The van der Waals surface area contributed by atoms with Gasteiger partial charge in [0, 0.05) is 30.4 Å². The van der Waals surface area contributed by atoms with Gasteiger partial charge in [0.05, 0.1) is 22.9 Å². The number of ketones is 1. The fraction of sp³-hybridized carbons (Fsp3) is 0.455. The van der Waals surface area contributed by atoms with Gasteiger partial charge in [-0.1, -0.05) is 12.1 Å². The summed E-state index contributed by atoms with van der Waals surface area (Å²) in [7, 11) is -1.17. The number of fused-ring (bicyclic) bond motifs is 1. The fourth-order valence-corrected chi connectivity index (χ4v) is 5.43. The lowest BCUT2D eigenvalue weighted by Crippen LogP contribution is -2.37. The molecule has 2 aliphatic rings. The normalized spacial score (nSPS) is 19.0. The van der Waals surface area contributed by atoms with Gasteiger partial charge in [0.25, 0.3) is 0 Å². The van der Waals surface area contributed by atoms with Crippen molar-refractivity contribution in [3.05, 3.63) is 35.5 Å². The molecule has 1 aromatic carbocycles. The Balaban J connectivity index is 1.61. The molecule has 0 unspecified atom stereocenters. The van der Waals surface area contributed by atoms with E-state index >= 15 is 0 Å². The van der Waals surface area contributed by atoms with E-state index in [1.807, 2.05) is 0 Å². The molecule has 0 radical (unpaired) electrons. The standard InChI is InChI=1S/C22H26N4O4S/c1-14(27)16-8-10-26(11-9-16)22-24-18-3-2-12-31(30)20(18)21(25-22)23-17-6-4-15(5-7-17)13-19(28)29/h4-7,16H,2-3,8-13H2,1H3,(H,28,29)(H,23,24,25)/t31-/m1/s1. The van der Waals surface area contributed by atoms with Crippen LogP contribution in [0.4, 0.5) is 17.5 Å². The molecule has 1 saturated heterocycles. The van der Waals surface area contributed by atoms with Gasteiger partial charge < -0.3 is 15.3 Å². The van der Waals surface area contributed by atoms with Gasteiger partial charge in [0.15, 0.2) is 5.82 Å². The Hall–Kier alpha value is -2.81. The molecule has 1 fully saturated rings. The average molecular weight is 443 g/mol. The average Bonchev–Trinajstić information content (AvgIpc) is 2.74. The molecule has 1 aromatic heterocycles. The lowest BCUT2D eigenvalue weighted by atomic mass is 9.93. The largest absolute Gasteiger partial charge is 0.481 e. The number of nitrogens with zero attached hydrogens (tertiary/aromatic N) is 3. The minimum atomic E-state index is -1.17. The topological polar surface area (TPSA) is 112 Å². The number of aryl methyl sites for hydroxylation is 1. The fourth-order valence-electron chi connectivity index (χ4n) is 4.09. The Labute approximate surface area is 183 Å². The second-order valence-electron chi connectivity index (χ2n) is 8.07. The molecule has 0 aliphatic carbocycles. The maximum absolute atomic E-state index is 12.8. The predicted molar refractivity (Wildman–Crippen MR) is 118 cm³/mol. The Morgan fingerprint density at radius 1 is 1.19 bits per heavy atom. The van der Waals surface area contributed by atoms with Crippen LogP contribution in [-0.2, 0) is 33.2 Å². The smallest absolute Gasteiger partial charge is 0.307 e. The van der Waals surface area contributed by atoms with Crippen molar-refractivity contribution in [2.24, 2.45) is 5.92 Å². The highest BCUT2D eigenvalue weighted by atomic mass is 32.2. The van der Waals surface area contributed by atoms with Crippen molar-refractivity contribution in [1.29, 1.82) is 0 Å². The van der Waals surface area contributed by atoms with Crippen molar-refractivity contribution in [3.8, 4) is 0 Å². The van der Waals surface area contributed by atoms with E-state index in [9.17, 15) is 13.8 Å². The molecular formula is C22H26N4O4S. The summed E-state index contributed by atoms with van der Waals surface area (Å²) in [6.07, 6.45) is 3.12. The van der Waals surface area contributed by atoms with Crippen molar-refractivity contribution in [2.75, 3.05) is 29.1 Å². The van der Waals surface area contributed by atoms with Gasteiger partial charge in [-0.15, -0.1) is 0 Å². The molecule has 2 N–H and O–H groups in total. The SMILES string of the molecule is CC(=O)C1CCN(c2nc3c(c(Nc4ccc(CC(=O)O)cc4)n2)[S@](=O)CCC3)CC1. The molecule has 31 heavy (non-hydrogen) atoms. The number of anilines is 3. The van der Waals surface area contributed by atoms with Gasteiger partial charge in [-0.2, -0.15) is 4.98 Å².